The Bertz CT molecular complexity index is 1690. The minimum atomic E-state index is -0.110. The molecule has 0 bridgehead atoms. The van der Waals surface area contributed by atoms with Gasteiger partial charge < -0.3 is 10.7 Å². The molecule has 2 heteroatoms. The molecule has 4 aromatic rings. The van der Waals surface area contributed by atoms with E-state index in [0.717, 1.165) is 5.69 Å². The van der Waals surface area contributed by atoms with Crippen LogP contribution in [-0.4, -0.2) is 4.98 Å². The first-order valence-electron chi connectivity index (χ1n) is 17.4. The number of rotatable bonds is 4. The monoisotopic (exact) mass is 652 g/mol. The van der Waals surface area contributed by atoms with Gasteiger partial charge in [-0.15, -0.1) is 0 Å². The molecule has 2 nitrogen and oxygen atoms in total. The molecule has 0 saturated heterocycles. The van der Waals surface area contributed by atoms with Crippen LogP contribution in [0, 0.1) is 0 Å². The van der Waals surface area contributed by atoms with E-state index in [2.05, 4.69) is 144 Å². The molecular weight excluding hydrogens is 593 g/mol. The van der Waals surface area contributed by atoms with Gasteiger partial charge in [-0.25, -0.2) is 0 Å². The van der Waals surface area contributed by atoms with Gasteiger partial charge in [-0.05, 0) is 64.1 Å². The van der Waals surface area contributed by atoms with Gasteiger partial charge in [-0.2, -0.15) is 0 Å². The molecule has 0 aliphatic heterocycles. The Labute approximate surface area is 298 Å². The molecule has 0 atom stereocenters. The largest absolute Gasteiger partial charge is 0.398 e. The van der Waals surface area contributed by atoms with E-state index in [4.69, 9.17) is 5.73 Å². The summed E-state index contributed by atoms with van der Waals surface area (Å²) in [6.45, 7) is 25.8. The lowest BCUT2D eigenvalue weighted by Gasteiger charge is -2.30. The lowest BCUT2D eigenvalue weighted by atomic mass is 9.74. The van der Waals surface area contributed by atoms with Gasteiger partial charge in [0.1, 0.15) is 0 Å². The molecule has 0 saturated carbocycles. The molecule has 0 fully saturated rings. The van der Waals surface area contributed by atoms with E-state index in [1.807, 2.05) is 82.6 Å². The zero-order chi connectivity index (χ0) is 36.7. The number of allylic oxidation sites excluding steroid dienone is 4. The van der Waals surface area contributed by atoms with E-state index in [1.165, 1.54) is 39.0 Å². The summed E-state index contributed by atoms with van der Waals surface area (Å²) in [4.78, 5) is 3.15. The van der Waals surface area contributed by atoms with E-state index in [-0.39, 0.29) is 10.8 Å². The standard InChI is InChI=1S/C21H21N.C18H21N.C4H6.2C2H6/c1-21(2)19-13-6-4-3-5-9-15-22-16-10-12-18(19)17-11-7-8-14-20(17)21;1-4-15(14-10-6-5-7-11-14)18(2,3)16-12-8-9-13-17(16)19;1-3-4-2;2*1-2/h3-16,22H,1-2H3;4-13H,19H2,1-3H3;3-4H,1-2H2;2*1-2H3/b;15-4+;;;. The van der Waals surface area contributed by atoms with Crippen molar-refractivity contribution < 1.29 is 0 Å². The van der Waals surface area contributed by atoms with Gasteiger partial charge in [-0.1, -0.05) is 196 Å². The number of nitrogens with two attached hydrogens (primary N) is 1. The van der Waals surface area contributed by atoms with Gasteiger partial charge in [0.15, 0.2) is 0 Å². The minimum absolute atomic E-state index is 0.0240. The summed E-state index contributed by atoms with van der Waals surface area (Å²) in [5, 5.41) is 0. The van der Waals surface area contributed by atoms with Crippen LogP contribution in [-0.2, 0) is 10.8 Å². The first-order valence-corrected chi connectivity index (χ1v) is 17.4. The predicted octanol–water partition coefficient (Wildman–Crippen LogP) is 13.6. The summed E-state index contributed by atoms with van der Waals surface area (Å²) in [6.07, 6.45) is 9.33. The normalized spacial score (nSPS) is 11.5. The molecule has 0 unspecified atom stereocenters. The first kappa shape index (κ1) is 41.9. The van der Waals surface area contributed by atoms with Crippen molar-refractivity contribution in [3.63, 3.8) is 0 Å². The molecule has 258 valence electrons. The zero-order valence-corrected chi connectivity index (χ0v) is 31.5. The molecule has 1 aliphatic rings. The lowest BCUT2D eigenvalue weighted by molar-refractivity contribution is 0.661. The van der Waals surface area contributed by atoms with Crippen LogP contribution in [0.5, 0.6) is 0 Å². The fourth-order valence-electron chi connectivity index (χ4n) is 5.80. The second-order valence-electron chi connectivity index (χ2n) is 11.7. The number of nitrogens with one attached hydrogen (secondary N) is 1. The maximum absolute atomic E-state index is 6.15. The molecular formula is C47H60N2. The van der Waals surface area contributed by atoms with Gasteiger partial charge >= 0.3 is 0 Å². The maximum atomic E-state index is 6.15. The van der Waals surface area contributed by atoms with Gasteiger partial charge in [0.25, 0.3) is 0 Å². The van der Waals surface area contributed by atoms with Crippen molar-refractivity contribution >= 4 is 11.3 Å². The number of H-pyrrole nitrogens is 1. The number of aromatic amines is 1. The van der Waals surface area contributed by atoms with E-state index in [0.29, 0.717) is 0 Å². The molecule has 0 amide bonds. The van der Waals surface area contributed by atoms with E-state index in [1.54, 1.807) is 12.2 Å². The number of fused-ring (bicyclic) bond motifs is 3. The van der Waals surface area contributed by atoms with Gasteiger partial charge in [0, 0.05) is 28.9 Å². The summed E-state index contributed by atoms with van der Waals surface area (Å²) in [5.74, 6) is 0. The Morgan fingerprint density at radius 2 is 1.04 bits per heavy atom. The van der Waals surface area contributed by atoms with Crippen LogP contribution in [0.25, 0.3) is 16.7 Å². The molecule has 1 heterocycles. The van der Waals surface area contributed by atoms with Crippen LogP contribution < -0.4 is 5.73 Å². The average Bonchev–Trinajstić information content (AvgIpc) is 3.36. The average molecular weight is 653 g/mol. The molecule has 0 radical (unpaired) electrons. The van der Waals surface area contributed by atoms with Crippen LogP contribution in [0.2, 0.25) is 0 Å². The Morgan fingerprint density at radius 3 is 1.61 bits per heavy atom. The van der Waals surface area contributed by atoms with Crippen molar-refractivity contribution in [1.29, 1.82) is 0 Å². The van der Waals surface area contributed by atoms with Crippen molar-refractivity contribution in [2.24, 2.45) is 0 Å². The van der Waals surface area contributed by atoms with Gasteiger partial charge in [-0.3, -0.25) is 0 Å². The lowest BCUT2D eigenvalue weighted by Crippen LogP contribution is -2.21. The van der Waals surface area contributed by atoms with Gasteiger partial charge in [0.2, 0.25) is 0 Å². The fourth-order valence-corrected chi connectivity index (χ4v) is 5.80. The molecule has 49 heavy (non-hydrogen) atoms. The first-order chi connectivity index (χ1) is 23.7. The van der Waals surface area contributed by atoms with Crippen LogP contribution >= 0.6 is 0 Å². The Morgan fingerprint density at radius 1 is 0.612 bits per heavy atom. The second kappa shape index (κ2) is 22.5. The second-order valence-corrected chi connectivity index (χ2v) is 11.7. The van der Waals surface area contributed by atoms with Crippen LogP contribution in [0.3, 0.4) is 0 Å². The Kier molecular flexibility index (Phi) is 19.2. The maximum Gasteiger partial charge on any atom is 0.0355 e. The van der Waals surface area contributed by atoms with Crippen molar-refractivity contribution in [2.45, 2.75) is 73.1 Å². The smallest absolute Gasteiger partial charge is 0.0355 e. The molecule has 5 rings (SSSR count). The SMILES string of the molecule is C/C=C(\c1ccccc1)C(C)(C)c1ccccc1N.C=CC=C.CC.CC.CC1(C)c2ccccc2-c2ccc[nH]cccccccc21. The van der Waals surface area contributed by atoms with E-state index >= 15 is 0 Å². The summed E-state index contributed by atoms with van der Waals surface area (Å²) in [5.41, 5.74) is 16.0. The molecule has 3 N–H and O–H groups in total. The number of hydrogen-bond acceptors (Lipinski definition) is 1. The van der Waals surface area contributed by atoms with E-state index < -0.39 is 0 Å². The summed E-state index contributed by atoms with van der Waals surface area (Å²) in [6, 6.07) is 44.0. The third-order valence-corrected chi connectivity index (χ3v) is 8.06. The van der Waals surface area contributed by atoms with Crippen molar-refractivity contribution in [2.75, 3.05) is 5.73 Å². The third kappa shape index (κ3) is 11.8. The molecule has 1 aromatic heterocycles. The van der Waals surface area contributed by atoms with E-state index in [9.17, 15) is 0 Å². The van der Waals surface area contributed by atoms with Crippen LogP contribution in [0.15, 0.2) is 171 Å². The quantitative estimate of drug-likeness (QED) is 0.167. The predicted molar refractivity (Wildman–Crippen MR) is 221 cm³/mol. The highest BCUT2D eigenvalue weighted by Gasteiger charge is 2.34. The number of para-hydroxylation sites is 1. The highest BCUT2D eigenvalue weighted by atomic mass is 14.6. The Hall–Kier alpha value is -5.08. The number of hydrogen-bond donors (Lipinski definition) is 2. The topological polar surface area (TPSA) is 41.8 Å². The number of aromatic nitrogens is 1. The minimum Gasteiger partial charge on any atom is -0.398 e. The summed E-state index contributed by atoms with van der Waals surface area (Å²) in [7, 11) is 0. The van der Waals surface area contributed by atoms with Crippen molar-refractivity contribution in [3.8, 4) is 11.1 Å². The highest BCUT2D eigenvalue weighted by molar-refractivity contribution is 5.80. The highest BCUT2D eigenvalue weighted by Crippen LogP contribution is 2.47. The van der Waals surface area contributed by atoms with Crippen LogP contribution in [0.4, 0.5) is 5.69 Å². The summed E-state index contributed by atoms with van der Waals surface area (Å²) < 4.78 is 0. The molecule has 0 spiro atoms. The molecule has 1 aliphatic carbocycles. The summed E-state index contributed by atoms with van der Waals surface area (Å²) >= 11 is 0. The molecule has 3 aromatic carbocycles. The number of nitrogen functional groups attached to an aromatic ring is 1. The van der Waals surface area contributed by atoms with Crippen molar-refractivity contribution in [3.05, 3.63) is 193 Å². The zero-order valence-electron chi connectivity index (χ0n) is 31.5. The number of anilines is 1. The Balaban J connectivity index is 0.000000408. The third-order valence-electron chi connectivity index (χ3n) is 8.06. The van der Waals surface area contributed by atoms with Crippen molar-refractivity contribution in [1.82, 2.24) is 4.98 Å². The fraction of sp³-hybridized carbons (Fsp3) is 0.234. The number of benzene rings is 3. The van der Waals surface area contributed by atoms with Gasteiger partial charge in [0.05, 0.1) is 0 Å². The van der Waals surface area contributed by atoms with Crippen LogP contribution in [0.1, 0.15) is 84.6 Å².